The molecule has 1 aliphatic carbocycles. The Hall–Kier alpha value is -3.52. The van der Waals surface area contributed by atoms with Crippen LogP contribution in [0.2, 0.25) is 0 Å². The molecule has 1 aromatic heterocycles. The lowest BCUT2D eigenvalue weighted by Gasteiger charge is -2.41. The number of nitrogens with zero attached hydrogens (tertiary/aromatic N) is 3. The van der Waals surface area contributed by atoms with Crippen molar-refractivity contribution in [2.75, 3.05) is 25.6 Å². The van der Waals surface area contributed by atoms with E-state index in [2.05, 4.69) is 37.6 Å². The van der Waals surface area contributed by atoms with Gasteiger partial charge in [0.1, 0.15) is 0 Å². The molecule has 8 heteroatoms. The van der Waals surface area contributed by atoms with E-state index in [4.69, 9.17) is 4.74 Å². The van der Waals surface area contributed by atoms with Crippen molar-refractivity contribution in [1.29, 1.82) is 0 Å². The number of carbonyl (C=O) groups excluding carboxylic acids is 2. The zero-order chi connectivity index (χ0) is 25.4. The van der Waals surface area contributed by atoms with Crippen LogP contribution in [-0.2, 0) is 9.53 Å². The molecule has 8 nitrogen and oxygen atoms in total. The first kappa shape index (κ1) is 23.9. The summed E-state index contributed by atoms with van der Waals surface area (Å²) in [4.78, 5) is 38.1. The number of hydrogen-bond donors (Lipinski definition) is 2. The normalized spacial score (nSPS) is 26.7. The molecular formula is C29H33N5O3. The second kappa shape index (κ2) is 10.1. The van der Waals surface area contributed by atoms with Crippen molar-refractivity contribution in [2.45, 2.75) is 50.2 Å². The summed E-state index contributed by atoms with van der Waals surface area (Å²) in [6.07, 6.45) is 7.81. The summed E-state index contributed by atoms with van der Waals surface area (Å²) in [5, 5.41) is 6.85. The molecule has 0 spiro atoms. The molecule has 192 valence electrons. The van der Waals surface area contributed by atoms with Gasteiger partial charge in [0.05, 0.1) is 35.6 Å². The Morgan fingerprint density at radius 3 is 2.73 bits per heavy atom. The number of methoxy groups -OCH3 is 1. The number of rotatable bonds is 5. The number of likely N-dealkylation sites (tertiary alicyclic amines) is 1. The minimum Gasteiger partial charge on any atom is -0.383 e. The van der Waals surface area contributed by atoms with Gasteiger partial charge in [-0.1, -0.05) is 31.0 Å². The van der Waals surface area contributed by atoms with Gasteiger partial charge in [-0.3, -0.25) is 19.6 Å². The smallest absolute Gasteiger partial charge is 0.251 e. The summed E-state index contributed by atoms with van der Waals surface area (Å²) in [7, 11) is 1.73. The molecule has 1 saturated heterocycles. The number of amides is 2. The number of fused-ring (bicyclic) bond motifs is 4. The topological polar surface area (TPSA) is 96.5 Å². The molecule has 2 aliphatic heterocycles. The van der Waals surface area contributed by atoms with Gasteiger partial charge in [-0.25, -0.2) is 0 Å². The van der Waals surface area contributed by atoms with Crippen LogP contribution in [0.1, 0.15) is 54.1 Å². The molecule has 2 amide bonds. The minimum absolute atomic E-state index is 0.0300. The number of ether oxygens (including phenoxy) is 1. The highest BCUT2D eigenvalue weighted by atomic mass is 16.5. The third-order valence-corrected chi connectivity index (χ3v) is 8.34. The predicted octanol–water partition coefficient (Wildman–Crippen LogP) is 3.95. The Labute approximate surface area is 216 Å². The Kier molecular flexibility index (Phi) is 6.50. The number of carbonyl (C=O) groups is 2. The molecule has 6 rings (SSSR count). The highest BCUT2D eigenvalue weighted by Gasteiger charge is 2.48. The molecule has 2 fully saturated rings. The second-order valence-corrected chi connectivity index (χ2v) is 10.5. The van der Waals surface area contributed by atoms with Crippen LogP contribution in [0.4, 0.5) is 5.69 Å². The van der Waals surface area contributed by atoms with Gasteiger partial charge in [-0.2, -0.15) is 0 Å². The van der Waals surface area contributed by atoms with Gasteiger partial charge in [0, 0.05) is 49.3 Å². The Bertz CT molecular complexity index is 1310. The van der Waals surface area contributed by atoms with E-state index in [1.165, 1.54) is 5.56 Å². The number of aromatic nitrogens is 2. The fraction of sp³-hybridized carbons (Fsp3) is 0.448. The largest absolute Gasteiger partial charge is 0.383 e. The zero-order valence-corrected chi connectivity index (χ0v) is 21.1. The number of hydrogen-bond acceptors (Lipinski definition) is 6. The van der Waals surface area contributed by atoms with Crippen LogP contribution in [-0.4, -0.2) is 59.0 Å². The van der Waals surface area contributed by atoms with Crippen molar-refractivity contribution in [3.05, 3.63) is 66.0 Å². The summed E-state index contributed by atoms with van der Waals surface area (Å²) in [6.45, 7) is 1.33. The monoisotopic (exact) mass is 499 g/mol. The van der Waals surface area contributed by atoms with Gasteiger partial charge in [-0.05, 0) is 49.1 Å². The van der Waals surface area contributed by atoms with Crippen LogP contribution in [0.5, 0.6) is 0 Å². The van der Waals surface area contributed by atoms with Crippen LogP contribution in [0.3, 0.4) is 0 Å². The van der Waals surface area contributed by atoms with E-state index in [-0.39, 0.29) is 35.9 Å². The van der Waals surface area contributed by atoms with E-state index < -0.39 is 0 Å². The maximum absolute atomic E-state index is 14.1. The van der Waals surface area contributed by atoms with Crippen LogP contribution in [0.25, 0.3) is 11.0 Å². The molecule has 5 atom stereocenters. The number of benzene rings is 2. The van der Waals surface area contributed by atoms with Gasteiger partial charge in [0.2, 0.25) is 5.91 Å². The predicted molar refractivity (Wildman–Crippen MR) is 141 cm³/mol. The average molecular weight is 500 g/mol. The second-order valence-electron chi connectivity index (χ2n) is 10.5. The number of anilines is 1. The lowest BCUT2D eigenvalue weighted by atomic mass is 9.81. The third-order valence-electron chi connectivity index (χ3n) is 8.34. The van der Waals surface area contributed by atoms with Crippen molar-refractivity contribution in [3.63, 3.8) is 0 Å². The SMILES string of the molecule is COC[C@@H]1Nc2ccccc2[C@H]2[C@H]1CCN2C(=O)[C@H]1CCCC[C@H]1NC(=O)c1ccc2nccnc2c1. The fourth-order valence-corrected chi connectivity index (χ4v) is 6.59. The molecule has 2 N–H and O–H groups in total. The lowest BCUT2D eigenvalue weighted by molar-refractivity contribution is -0.139. The maximum Gasteiger partial charge on any atom is 0.251 e. The van der Waals surface area contributed by atoms with Crippen LogP contribution in [0, 0.1) is 11.8 Å². The first-order valence-corrected chi connectivity index (χ1v) is 13.3. The van der Waals surface area contributed by atoms with E-state index in [0.717, 1.165) is 49.9 Å². The quantitative estimate of drug-likeness (QED) is 0.552. The van der Waals surface area contributed by atoms with Crippen LogP contribution in [0.15, 0.2) is 54.9 Å². The third kappa shape index (κ3) is 4.44. The Morgan fingerprint density at radius 1 is 1.05 bits per heavy atom. The molecule has 0 unspecified atom stereocenters. The van der Waals surface area contributed by atoms with E-state index in [1.54, 1.807) is 31.6 Å². The number of nitrogens with one attached hydrogen (secondary N) is 2. The highest BCUT2D eigenvalue weighted by Crippen LogP contribution is 2.47. The fourth-order valence-electron chi connectivity index (χ4n) is 6.59. The summed E-state index contributed by atoms with van der Waals surface area (Å²) >= 11 is 0. The van der Waals surface area contributed by atoms with Gasteiger partial charge in [0.25, 0.3) is 5.91 Å². The van der Waals surface area contributed by atoms with Crippen LogP contribution >= 0.6 is 0 Å². The van der Waals surface area contributed by atoms with Crippen molar-refractivity contribution in [2.24, 2.45) is 11.8 Å². The molecule has 0 radical (unpaired) electrons. The van der Waals surface area contributed by atoms with E-state index in [0.29, 0.717) is 23.6 Å². The van der Waals surface area contributed by atoms with Crippen molar-refractivity contribution < 1.29 is 14.3 Å². The molecule has 37 heavy (non-hydrogen) atoms. The summed E-state index contributed by atoms with van der Waals surface area (Å²) in [6, 6.07) is 13.7. The summed E-state index contributed by atoms with van der Waals surface area (Å²) in [5.74, 6) is 0.0763. The van der Waals surface area contributed by atoms with Crippen molar-refractivity contribution >= 4 is 28.5 Å². The van der Waals surface area contributed by atoms with E-state index >= 15 is 0 Å². The summed E-state index contributed by atoms with van der Waals surface area (Å²) in [5.41, 5.74) is 4.24. The van der Waals surface area contributed by atoms with Crippen molar-refractivity contribution in [3.8, 4) is 0 Å². The molecular weight excluding hydrogens is 466 g/mol. The molecule has 3 aliphatic rings. The van der Waals surface area contributed by atoms with E-state index in [1.807, 2.05) is 18.2 Å². The highest BCUT2D eigenvalue weighted by molar-refractivity contribution is 5.97. The van der Waals surface area contributed by atoms with Crippen LogP contribution < -0.4 is 10.6 Å². The van der Waals surface area contributed by atoms with Gasteiger partial charge in [-0.15, -0.1) is 0 Å². The Morgan fingerprint density at radius 2 is 1.86 bits per heavy atom. The standard InChI is InChI=1S/C29H33N5O3/c1-37-17-26-20-12-15-34(27(20)19-6-2-4-8-22(19)32-26)29(36)21-7-3-5-9-23(21)33-28(35)18-10-11-24-25(16-18)31-14-13-30-24/h2,4,6,8,10-11,13-14,16,20-21,23,26-27,32H,3,5,7,9,12,15,17H2,1H3,(H,33,35)/t20-,21-,23+,26-,27-/m0/s1. The lowest BCUT2D eigenvalue weighted by Crippen LogP contribution is -2.50. The van der Waals surface area contributed by atoms with Crippen molar-refractivity contribution in [1.82, 2.24) is 20.2 Å². The maximum atomic E-state index is 14.1. The van der Waals surface area contributed by atoms with Gasteiger partial charge < -0.3 is 20.3 Å². The molecule has 3 aromatic rings. The van der Waals surface area contributed by atoms with Gasteiger partial charge >= 0.3 is 0 Å². The summed E-state index contributed by atoms with van der Waals surface area (Å²) < 4.78 is 5.52. The first-order valence-electron chi connectivity index (χ1n) is 13.3. The zero-order valence-electron chi connectivity index (χ0n) is 21.1. The molecule has 2 aromatic carbocycles. The molecule has 3 heterocycles. The van der Waals surface area contributed by atoms with E-state index in [9.17, 15) is 9.59 Å². The van der Waals surface area contributed by atoms with Gasteiger partial charge in [0.15, 0.2) is 0 Å². The number of para-hydroxylation sites is 1. The average Bonchev–Trinajstić information content (AvgIpc) is 3.39. The molecule has 1 saturated carbocycles. The first-order chi connectivity index (χ1) is 18.1. The Balaban J connectivity index is 1.23. The minimum atomic E-state index is -0.223. The molecule has 0 bridgehead atoms.